The van der Waals surface area contributed by atoms with E-state index in [9.17, 15) is 4.79 Å². The van der Waals surface area contributed by atoms with Crippen LogP contribution in [0.15, 0.2) is 28.9 Å². The van der Waals surface area contributed by atoms with Crippen LogP contribution in [-0.4, -0.2) is 20.8 Å². The molecule has 0 aliphatic heterocycles. The molecule has 0 aliphatic rings. The van der Waals surface area contributed by atoms with E-state index in [-0.39, 0.29) is 12.4 Å². The molecular weight excluding hydrogens is 298 g/mol. The fourth-order valence-corrected chi connectivity index (χ4v) is 1.86. The van der Waals surface area contributed by atoms with Gasteiger partial charge in [-0.15, -0.1) is 5.10 Å². The van der Waals surface area contributed by atoms with Crippen molar-refractivity contribution in [2.45, 2.75) is 13.5 Å². The molecule has 0 fully saturated rings. The number of halogens is 1. The topological polar surface area (TPSA) is 57.0 Å². The molecule has 0 radical (unpaired) electrons. The van der Waals surface area contributed by atoms with E-state index in [0.717, 1.165) is 4.47 Å². The average Bonchev–Trinajstić information content (AvgIpc) is 2.72. The first-order chi connectivity index (χ1) is 8.56. The smallest absolute Gasteiger partial charge is 0.163 e. The molecule has 0 unspecified atom stereocenters. The Labute approximate surface area is 113 Å². The number of aromatic nitrogens is 3. The highest BCUT2D eigenvalue weighted by Gasteiger charge is 2.10. The second-order valence-corrected chi connectivity index (χ2v) is 4.78. The molecule has 0 spiro atoms. The van der Waals surface area contributed by atoms with Gasteiger partial charge in [-0.1, -0.05) is 21.1 Å². The van der Waals surface area contributed by atoms with Gasteiger partial charge in [0.05, 0.1) is 11.8 Å². The predicted octanol–water partition coefficient (Wildman–Crippen LogP) is 2.36. The Kier molecular flexibility index (Phi) is 3.76. The number of carbonyl (C=O) groups is 1. The number of Topliss-reactive ketones (excluding diaryl/α,β-unsaturated/α-hetero) is 1. The van der Waals surface area contributed by atoms with E-state index >= 15 is 0 Å². The van der Waals surface area contributed by atoms with Gasteiger partial charge in [-0.3, -0.25) is 9.48 Å². The van der Waals surface area contributed by atoms with Crippen LogP contribution < -0.4 is 4.74 Å². The lowest BCUT2D eigenvalue weighted by Gasteiger charge is -2.08. The molecule has 94 valence electrons. The summed E-state index contributed by atoms with van der Waals surface area (Å²) in [7, 11) is 1.79. The summed E-state index contributed by atoms with van der Waals surface area (Å²) >= 11 is 3.35. The third kappa shape index (κ3) is 2.95. The highest BCUT2D eigenvalue weighted by molar-refractivity contribution is 9.10. The molecular formula is C12H12BrN3O2. The molecule has 0 aliphatic carbocycles. The molecule has 6 heteroatoms. The molecule has 18 heavy (non-hydrogen) atoms. The molecule has 1 aromatic heterocycles. The zero-order chi connectivity index (χ0) is 13.1. The Balaban J connectivity index is 2.17. The first-order valence-corrected chi connectivity index (χ1v) is 6.14. The molecule has 0 bridgehead atoms. The van der Waals surface area contributed by atoms with E-state index in [1.165, 1.54) is 6.92 Å². The standard InChI is InChI=1S/C12H12BrN3O2/c1-8(17)11-4-3-9(13)5-12(11)18-7-10-6-16(2)15-14-10/h3-6H,7H2,1-2H3. The Morgan fingerprint density at radius 3 is 2.89 bits per heavy atom. The first kappa shape index (κ1) is 12.8. The Morgan fingerprint density at radius 1 is 1.50 bits per heavy atom. The molecule has 2 aromatic rings. The number of hydrogen-bond acceptors (Lipinski definition) is 4. The number of ketones is 1. The highest BCUT2D eigenvalue weighted by Crippen LogP contribution is 2.24. The maximum Gasteiger partial charge on any atom is 0.163 e. The van der Waals surface area contributed by atoms with Crippen molar-refractivity contribution in [2.75, 3.05) is 0 Å². The van der Waals surface area contributed by atoms with Crippen LogP contribution in [0.25, 0.3) is 0 Å². The molecule has 1 heterocycles. The number of nitrogens with zero attached hydrogens (tertiary/aromatic N) is 3. The van der Waals surface area contributed by atoms with Gasteiger partial charge < -0.3 is 4.74 Å². The van der Waals surface area contributed by atoms with E-state index < -0.39 is 0 Å². The van der Waals surface area contributed by atoms with Gasteiger partial charge in [0.2, 0.25) is 0 Å². The van der Waals surface area contributed by atoms with E-state index in [0.29, 0.717) is 17.0 Å². The highest BCUT2D eigenvalue weighted by atomic mass is 79.9. The van der Waals surface area contributed by atoms with Crippen LogP contribution >= 0.6 is 15.9 Å². The van der Waals surface area contributed by atoms with Crippen LogP contribution in [0.5, 0.6) is 5.75 Å². The van der Waals surface area contributed by atoms with Gasteiger partial charge >= 0.3 is 0 Å². The predicted molar refractivity (Wildman–Crippen MR) is 69.5 cm³/mol. The molecule has 5 nitrogen and oxygen atoms in total. The summed E-state index contributed by atoms with van der Waals surface area (Å²) in [6, 6.07) is 5.32. The van der Waals surface area contributed by atoms with E-state index in [1.54, 1.807) is 30.1 Å². The molecule has 1 aromatic carbocycles. The third-order valence-corrected chi connectivity index (χ3v) is 2.84. The number of ether oxygens (including phenoxy) is 1. The minimum Gasteiger partial charge on any atom is -0.486 e. The lowest BCUT2D eigenvalue weighted by Crippen LogP contribution is -2.02. The minimum absolute atomic E-state index is 0.0309. The van der Waals surface area contributed by atoms with Crippen LogP contribution in [0, 0.1) is 0 Å². The molecule has 0 saturated carbocycles. The molecule has 0 saturated heterocycles. The number of benzene rings is 1. The zero-order valence-corrected chi connectivity index (χ0v) is 11.6. The van der Waals surface area contributed by atoms with Gasteiger partial charge in [-0.2, -0.15) is 0 Å². The van der Waals surface area contributed by atoms with Gasteiger partial charge in [0.15, 0.2) is 5.78 Å². The largest absolute Gasteiger partial charge is 0.486 e. The summed E-state index contributed by atoms with van der Waals surface area (Å²) in [5.41, 5.74) is 1.27. The van der Waals surface area contributed by atoms with Crippen molar-refractivity contribution >= 4 is 21.7 Å². The molecule has 0 atom stereocenters. The lowest BCUT2D eigenvalue weighted by molar-refractivity contribution is 0.101. The van der Waals surface area contributed by atoms with Crippen molar-refractivity contribution in [1.29, 1.82) is 0 Å². The van der Waals surface area contributed by atoms with Gasteiger partial charge in [0.25, 0.3) is 0 Å². The van der Waals surface area contributed by atoms with Crippen LogP contribution in [-0.2, 0) is 13.7 Å². The minimum atomic E-state index is -0.0309. The zero-order valence-electron chi connectivity index (χ0n) is 10.1. The molecule has 2 rings (SSSR count). The average molecular weight is 310 g/mol. The van der Waals surface area contributed by atoms with Crippen molar-refractivity contribution in [1.82, 2.24) is 15.0 Å². The monoisotopic (exact) mass is 309 g/mol. The van der Waals surface area contributed by atoms with Gasteiger partial charge in [-0.25, -0.2) is 0 Å². The maximum absolute atomic E-state index is 11.5. The van der Waals surface area contributed by atoms with Gasteiger partial charge in [-0.05, 0) is 25.1 Å². The Bertz CT molecular complexity index is 580. The summed E-state index contributed by atoms with van der Waals surface area (Å²) in [5.74, 6) is 0.513. The van der Waals surface area contributed by atoms with Gasteiger partial charge in [0, 0.05) is 11.5 Å². The summed E-state index contributed by atoms with van der Waals surface area (Å²) in [6.45, 7) is 1.79. The maximum atomic E-state index is 11.5. The SMILES string of the molecule is CC(=O)c1ccc(Br)cc1OCc1cn(C)nn1. The number of rotatable bonds is 4. The van der Waals surface area contributed by atoms with Crippen LogP contribution in [0.3, 0.4) is 0 Å². The quantitative estimate of drug-likeness (QED) is 0.814. The fraction of sp³-hybridized carbons (Fsp3) is 0.250. The van der Waals surface area contributed by atoms with E-state index in [1.807, 2.05) is 6.07 Å². The number of carbonyl (C=O) groups excluding carboxylic acids is 1. The second kappa shape index (κ2) is 5.30. The molecule has 0 amide bonds. The third-order valence-electron chi connectivity index (χ3n) is 2.35. The lowest BCUT2D eigenvalue weighted by atomic mass is 10.1. The number of hydrogen-bond donors (Lipinski definition) is 0. The summed E-state index contributed by atoms with van der Waals surface area (Å²) in [6.07, 6.45) is 1.77. The van der Waals surface area contributed by atoms with Crippen LogP contribution in [0.1, 0.15) is 23.0 Å². The van der Waals surface area contributed by atoms with Crippen LogP contribution in [0.4, 0.5) is 0 Å². The Morgan fingerprint density at radius 2 is 2.28 bits per heavy atom. The summed E-state index contributed by atoms with van der Waals surface area (Å²) in [5, 5.41) is 7.73. The number of aryl methyl sites for hydroxylation is 1. The van der Waals surface area contributed by atoms with Crippen molar-refractivity contribution in [3.8, 4) is 5.75 Å². The summed E-state index contributed by atoms with van der Waals surface area (Å²) < 4.78 is 8.08. The Hall–Kier alpha value is -1.69. The molecule has 0 N–H and O–H groups in total. The van der Waals surface area contributed by atoms with Crippen molar-refractivity contribution in [2.24, 2.45) is 7.05 Å². The first-order valence-electron chi connectivity index (χ1n) is 5.35. The van der Waals surface area contributed by atoms with Crippen molar-refractivity contribution in [3.05, 3.63) is 40.1 Å². The van der Waals surface area contributed by atoms with Crippen molar-refractivity contribution in [3.63, 3.8) is 0 Å². The summed E-state index contributed by atoms with van der Waals surface area (Å²) in [4.78, 5) is 11.5. The van der Waals surface area contributed by atoms with Crippen molar-refractivity contribution < 1.29 is 9.53 Å². The van der Waals surface area contributed by atoms with Gasteiger partial charge in [0.1, 0.15) is 18.1 Å². The normalized spacial score (nSPS) is 10.4. The van der Waals surface area contributed by atoms with E-state index in [2.05, 4.69) is 26.2 Å². The van der Waals surface area contributed by atoms with Crippen LogP contribution in [0.2, 0.25) is 0 Å². The fourth-order valence-electron chi connectivity index (χ4n) is 1.52. The second-order valence-electron chi connectivity index (χ2n) is 3.87. The van der Waals surface area contributed by atoms with E-state index in [4.69, 9.17) is 4.74 Å².